The van der Waals surface area contributed by atoms with E-state index >= 15 is 0 Å². The molecule has 11 atom stereocenters. The number of phenols is 5. The van der Waals surface area contributed by atoms with Crippen LogP contribution in [0.1, 0.15) is 138 Å². The summed E-state index contributed by atoms with van der Waals surface area (Å²) >= 11 is 0. The maximum absolute atomic E-state index is 13.1. The van der Waals surface area contributed by atoms with Crippen molar-refractivity contribution in [3.05, 3.63) is 311 Å². The lowest BCUT2D eigenvalue weighted by atomic mass is 9.79. The molecule has 4 aliphatic carbocycles. The van der Waals surface area contributed by atoms with E-state index in [-0.39, 0.29) is 101 Å². The van der Waals surface area contributed by atoms with Crippen LogP contribution in [0.15, 0.2) is 261 Å². The number of ketones is 5. The van der Waals surface area contributed by atoms with Gasteiger partial charge >= 0.3 is 11.9 Å². The van der Waals surface area contributed by atoms with Gasteiger partial charge in [0.15, 0.2) is 23.1 Å². The molecule has 0 radical (unpaired) electrons. The number of nitrogens with two attached hydrogens (primary N) is 2. The van der Waals surface area contributed by atoms with Gasteiger partial charge in [0.2, 0.25) is 6.29 Å². The van der Waals surface area contributed by atoms with Crippen LogP contribution in [0, 0.1) is 5.41 Å². The van der Waals surface area contributed by atoms with Gasteiger partial charge in [0.1, 0.15) is 128 Å². The molecule has 30 heteroatoms. The number of esters is 2. The molecule has 706 valence electrons. The highest BCUT2D eigenvalue weighted by molar-refractivity contribution is 6.12. The van der Waals surface area contributed by atoms with Crippen LogP contribution in [-0.2, 0) is 48.7 Å². The maximum Gasteiger partial charge on any atom is 0.330 e. The molecule has 13 aromatic rings. The number of nitrogens with one attached hydrogen (secondary N) is 1. The Morgan fingerprint density at radius 3 is 1.28 bits per heavy atom. The average Bonchev–Trinajstić information content (AvgIpc) is 0.714. The Hall–Kier alpha value is -15.7. The summed E-state index contributed by atoms with van der Waals surface area (Å²) in [6, 6.07) is 61.6. The largest absolute Gasteiger partial charge is 0.507 e. The molecule has 1 fully saturated rings. The highest BCUT2D eigenvalue weighted by atomic mass is 16.7. The van der Waals surface area contributed by atoms with Gasteiger partial charge in [-0.3, -0.25) is 24.0 Å². The molecule has 5 aliphatic heterocycles. The molecule has 0 bridgehead atoms. The van der Waals surface area contributed by atoms with E-state index in [1.165, 1.54) is 67.6 Å². The zero-order chi connectivity index (χ0) is 95.6. The number of carbonyl (C=O) groups excluding carboxylic acids is 7. The first-order valence-electron chi connectivity index (χ1n) is 43.7. The van der Waals surface area contributed by atoms with E-state index in [9.17, 15) is 74.4 Å². The Bertz CT molecular complexity index is 7230. The number of allylic oxidation sites excluding steroid dienone is 3. The van der Waals surface area contributed by atoms with Crippen molar-refractivity contribution < 1.29 is 131 Å². The van der Waals surface area contributed by atoms with Crippen LogP contribution in [0.25, 0.3) is 43.1 Å². The van der Waals surface area contributed by atoms with Crippen LogP contribution >= 0.6 is 0 Å². The van der Waals surface area contributed by atoms with Crippen molar-refractivity contribution in [1.82, 2.24) is 5.32 Å². The summed E-state index contributed by atoms with van der Waals surface area (Å²) in [4.78, 5) is 87.6. The van der Waals surface area contributed by atoms with E-state index in [4.69, 9.17) is 68.3 Å². The number of phenolic OH excluding ortho intramolecular Hbond substituents is 5. The van der Waals surface area contributed by atoms with Gasteiger partial charge in [-0.2, -0.15) is 0 Å². The fourth-order valence-corrected chi connectivity index (χ4v) is 18.0. The summed E-state index contributed by atoms with van der Waals surface area (Å²) in [5, 5.41) is 90.8. The van der Waals surface area contributed by atoms with Crippen molar-refractivity contribution in [2.75, 3.05) is 6.54 Å². The van der Waals surface area contributed by atoms with E-state index in [1.807, 2.05) is 44.2 Å². The number of Topliss-reactive ketones (excluding diaryl/α,β-unsaturated/α-hetero) is 2. The lowest BCUT2D eigenvalue weighted by molar-refractivity contribution is -0.272. The quantitative estimate of drug-likeness (QED) is 0.0377. The van der Waals surface area contributed by atoms with Crippen LogP contribution in [0.4, 0.5) is 0 Å². The van der Waals surface area contributed by atoms with Crippen molar-refractivity contribution in [3.8, 4) is 92.0 Å². The maximum atomic E-state index is 13.1. The molecule has 13 aromatic carbocycles. The Balaban J connectivity index is 0.000000127. The highest BCUT2D eigenvalue weighted by Gasteiger charge is 2.57. The molecule has 30 nitrogen and oxygen atoms in total. The van der Waals surface area contributed by atoms with Gasteiger partial charge in [-0.15, -0.1) is 0 Å². The van der Waals surface area contributed by atoms with Crippen LogP contribution < -0.4 is 68.9 Å². The molecule has 0 amide bonds. The molecule has 1 saturated heterocycles. The highest BCUT2D eigenvalue weighted by Crippen LogP contribution is 2.57. The minimum atomic E-state index is -1.47. The predicted molar refractivity (Wildman–Crippen MR) is 506 cm³/mol. The molecule has 9 aliphatic rings. The summed E-state index contributed by atoms with van der Waals surface area (Å²) in [7, 11) is 0. The van der Waals surface area contributed by atoms with Crippen LogP contribution in [0.3, 0.4) is 0 Å². The zero-order valence-electron chi connectivity index (χ0n) is 73.7. The SMILES string of the molecule is C.C.CC(=O)C(C)(C)CNC1CC(=O)c2c(O)cccc2C12Oc1cccc3c(O)ccc(c13)O2.CC(C)(N)C(=O)Oc1ccc2c3c(cccc13)OC1(C=CC(=O)c3c(O)cccc31)O2.CCC1OC(Oc2ccc3c4c(cccc24)OC2(C=CC(=O)c4c(O)cccc42)O3)C(O)C(O)C1O.NC(Cc1ccccc1)C(=O)Oc1ccc2c3c(cccc13)OC1(C=CC(=O)c3c(O)cccc31)O2. The molecule has 11 unspecified atom stereocenters. The Morgan fingerprint density at radius 2 is 0.826 bits per heavy atom. The monoisotopic (exact) mass is 1870 g/mol. The first kappa shape index (κ1) is 94.1. The number of hydrogen-bond donors (Lipinski definition) is 11. The smallest absolute Gasteiger partial charge is 0.330 e. The number of hydrogen-bond acceptors (Lipinski definition) is 30. The van der Waals surface area contributed by atoms with Crippen molar-refractivity contribution >= 4 is 83.9 Å². The number of aliphatic hydroxyl groups is 3. The number of carbonyl (C=O) groups is 7. The summed E-state index contributed by atoms with van der Waals surface area (Å²) in [6.45, 7) is 10.4. The minimum absolute atomic E-state index is 0. The van der Waals surface area contributed by atoms with Crippen LogP contribution in [0.2, 0.25) is 0 Å². The molecule has 13 N–H and O–H groups in total. The second-order valence-corrected chi connectivity index (χ2v) is 35.2. The second-order valence-electron chi connectivity index (χ2n) is 35.2. The van der Waals surface area contributed by atoms with E-state index in [1.54, 1.807) is 191 Å². The topological polar surface area (TPSA) is 456 Å². The summed E-state index contributed by atoms with van der Waals surface area (Å²) in [6.07, 6.45) is 3.34. The average molecular weight is 1870 g/mol. The molecule has 0 aromatic heterocycles. The number of rotatable bonds is 13. The standard InChI is InChI=1S/C29H21NO6.C27H24O9.C26H25NO6.C24H19NO6.2CH4/c30-20(16-17-6-2-1-3-7-17)28(33)34-23-12-13-25-26-18(23)8-4-11-24(26)35-29(36-25)15-14-22(32)27-19(29)9-5-10-21(27)31;1-2-17-23(30)24(31)25(32)26(33-17)34-18-9-10-20-21-13(18)5-3-8-19(21)35-27(36-20)12-11-16(29)22-14(27)6-4-7-15(22)28;1-14(28)25(2,3)13-27-22-12-19(31)24-16(7-5-8-18(24)30)26(22)32-20-9-4-6-15-17(29)10-11-21(33-26)23(15)20;1-23(2,25)22(28)29-17-9-10-19-20-13(17)5-3-8-18(20)30-24(31-19)12-11-16(27)21-14(24)6-4-7-15(21)26;;/h1-15,20,31H,16,30H2;3-12,17,23-26,28,30-32H,2H2,1H3;4-11,22,27,29-30H,12-13H2,1-3H3;3-12,26H,25H2,1-2H3;2*1H4. The van der Waals surface area contributed by atoms with E-state index in [2.05, 4.69) is 5.32 Å². The Kier molecular flexibility index (Phi) is 24.5. The fraction of sp³-hybridized carbons (Fsp3) is 0.231. The number of ether oxygens (including phenoxy) is 12. The first-order chi connectivity index (χ1) is 65.1. The molecular formula is C108H97N3O27. The number of aromatic hydroxyl groups is 5. The number of benzene rings is 13. The third kappa shape index (κ3) is 16.3. The van der Waals surface area contributed by atoms with E-state index in [0.29, 0.717) is 148 Å². The first-order valence-corrected chi connectivity index (χ1v) is 43.7. The van der Waals surface area contributed by atoms with E-state index in [0.717, 1.165) is 5.56 Å². The third-order valence-electron chi connectivity index (χ3n) is 25.3. The van der Waals surface area contributed by atoms with Gasteiger partial charge in [-0.1, -0.05) is 145 Å². The Morgan fingerprint density at radius 1 is 0.442 bits per heavy atom. The molecular weight excluding hydrogens is 1770 g/mol. The van der Waals surface area contributed by atoms with Crippen LogP contribution in [0.5, 0.6) is 92.0 Å². The molecule has 138 heavy (non-hydrogen) atoms. The molecule has 0 saturated carbocycles. The molecule has 4 spiro atoms. The van der Waals surface area contributed by atoms with Crippen molar-refractivity contribution in [1.29, 1.82) is 0 Å². The lowest BCUT2D eigenvalue weighted by Gasteiger charge is -2.47. The van der Waals surface area contributed by atoms with Gasteiger partial charge in [-0.05, 0) is 173 Å². The summed E-state index contributed by atoms with van der Waals surface area (Å²) < 4.78 is 73.7. The lowest BCUT2D eigenvalue weighted by Crippen LogP contribution is -2.61. The number of aliphatic hydroxyl groups excluding tert-OH is 3. The predicted octanol–water partition coefficient (Wildman–Crippen LogP) is 15.8. The van der Waals surface area contributed by atoms with Gasteiger partial charge in [0.25, 0.3) is 23.1 Å². The molecule has 5 heterocycles. The summed E-state index contributed by atoms with van der Waals surface area (Å²) in [5.41, 5.74) is 13.2. The third-order valence-corrected chi connectivity index (χ3v) is 25.3. The zero-order valence-corrected chi connectivity index (χ0v) is 73.7. The minimum Gasteiger partial charge on any atom is -0.507 e. The van der Waals surface area contributed by atoms with E-state index < -0.39 is 88.8 Å². The normalized spacial score (nSPS) is 22.1. The van der Waals surface area contributed by atoms with Gasteiger partial charge in [0, 0.05) is 58.2 Å². The van der Waals surface area contributed by atoms with Gasteiger partial charge in [0.05, 0.1) is 78.2 Å². The van der Waals surface area contributed by atoms with Crippen molar-refractivity contribution in [2.45, 2.75) is 147 Å². The van der Waals surface area contributed by atoms with Crippen molar-refractivity contribution in [3.63, 3.8) is 0 Å². The second kappa shape index (κ2) is 35.9. The van der Waals surface area contributed by atoms with Crippen molar-refractivity contribution in [2.24, 2.45) is 16.9 Å². The molecule has 22 rings (SSSR count). The Labute approximate surface area is 789 Å². The fourth-order valence-electron chi connectivity index (χ4n) is 18.0. The van der Waals surface area contributed by atoms with Gasteiger partial charge in [-0.25, -0.2) is 9.59 Å². The number of fused-ring (bicyclic) bond motifs is 8. The summed E-state index contributed by atoms with van der Waals surface area (Å²) in [5.74, 6) is -3.77. The van der Waals surface area contributed by atoms with Crippen LogP contribution in [-0.4, -0.2) is 137 Å². The van der Waals surface area contributed by atoms with Gasteiger partial charge < -0.3 is 114 Å².